The minimum Gasteiger partial charge on any atom is -0.365 e. The molecular weight excluding hydrogens is 112 g/mol. The molecule has 1 heterocycles. The van der Waals surface area contributed by atoms with E-state index in [2.05, 4.69) is 20.4 Å². The number of hydrogen-bond donors (Lipinski definition) is 0. The van der Waals surface area contributed by atoms with Crippen LogP contribution in [-0.2, 0) is 4.74 Å². The summed E-state index contributed by atoms with van der Waals surface area (Å²) in [7, 11) is 0. The predicted molar refractivity (Wildman–Crippen MR) is 38.3 cm³/mol. The van der Waals surface area contributed by atoms with Crippen molar-refractivity contribution < 1.29 is 4.74 Å². The standard InChI is InChI=1S/C8H14O/c1-5(2)7-8(9-7)6(3)4/h6-8H,1H2,2-4H3/t7-,8-/m0/s1. The fourth-order valence-corrected chi connectivity index (χ4v) is 1.03. The summed E-state index contributed by atoms with van der Waals surface area (Å²) in [5.74, 6) is 0.645. The first kappa shape index (κ1) is 6.81. The molecule has 0 amide bonds. The maximum atomic E-state index is 5.34. The van der Waals surface area contributed by atoms with Gasteiger partial charge in [-0.3, -0.25) is 0 Å². The van der Waals surface area contributed by atoms with Crippen molar-refractivity contribution in [3.05, 3.63) is 12.2 Å². The molecule has 1 aliphatic heterocycles. The summed E-state index contributed by atoms with van der Waals surface area (Å²) in [6.07, 6.45) is 0.826. The zero-order valence-electron chi connectivity index (χ0n) is 6.35. The Kier molecular flexibility index (Phi) is 1.62. The second-order valence-electron chi connectivity index (χ2n) is 3.11. The van der Waals surface area contributed by atoms with Gasteiger partial charge in [-0.05, 0) is 18.4 Å². The molecule has 0 N–H and O–H groups in total. The Morgan fingerprint density at radius 3 is 2.22 bits per heavy atom. The summed E-state index contributed by atoms with van der Waals surface area (Å²) in [5.41, 5.74) is 1.16. The van der Waals surface area contributed by atoms with Gasteiger partial charge in [-0.15, -0.1) is 0 Å². The van der Waals surface area contributed by atoms with Crippen LogP contribution in [0.4, 0.5) is 0 Å². The van der Waals surface area contributed by atoms with Gasteiger partial charge in [-0.2, -0.15) is 0 Å². The van der Waals surface area contributed by atoms with Crippen molar-refractivity contribution in [1.82, 2.24) is 0 Å². The second-order valence-corrected chi connectivity index (χ2v) is 3.11. The van der Waals surface area contributed by atoms with Gasteiger partial charge in [0.1, 0.15) is 6.10 Å². The van der Waals surface area contributed by atoms with Gasteiger partial charge in [0.15, 0.2) is 0 Å². The van der Waals surface area contributed by atoms with E-state index in [9.17, 15) is 0 Å². The first-order chi connectivity index (χ1) is 4.13. The monoisotopic (exact) mass is 126 g/mol. The molecular formula is C8H14O. The molecule has 2 atom stereocenters. The Balaban J connectivity index is 2.33. The molecule has 1 fully saturated rings. The van der Waals surface area contributed by atoms with E-state index < -0.39 is 0 Å². The van der Waals surface area contributed by atoms with Crippen LogP contribution >= 0.6 is 0 Å². The highest BCUT2D eigenvalue weighted by Gasteiger charge is 2.41. The summed E-state index contributed by atoms with van der Waals surface area (Å²) >= 11 is 0. The van der Waals surface area contributed by atoms with Crippen molar-refractivity contribution in [3.8, 4) is 0 Å². The molecule has 1 nitrogen and oxygen atoms in total. The van der Waals surface area contributed by atoms with Crippen molar-refractivity contribution in [2.45, 2.75) is 33.0 Å². The van der Waals surface area contributed by atoms with Crippen LogP contribution in [0.5, 0.6) is 0 Å². The van der Waals surface area contributed by atoms with E-state index >= 15 is 0 Å². The molecule has 52 valence electrons. The molecule has 0 unspecified atom stereocenters. The Morgan fingerprint density at radius 1 is 1.56 bits per heavy atom. The van der Waals surface area contributed by atoms with Crippen molar-refractivity contribution in [2.24, 2.45) is 5.92 Å². The van der Waals surface area contributed by atoms with Gasteiger partial charge in [-0.25, -0.2) is 0 Å². The summed E-state index contributed by atoms with van der Waals surface area (Å²) < 4.78 is 5.34. The molecule has 1 aliphatic rings. The number of ether oxygens (including phenoxy) is 1. The molecule has 1 saturated heterocycles. The zero-order chi connectivity index (χ0) is 7.02. The van der Waals surface area contributed by atoms with Crippen molar-refractivity contribution in [3.63, 3.8) is 0 Å². The second kappa shape index (κ2) is 2.14. The van der Waals surface area contributed by atoms with Crippen molar-refractivity contribution in [1.29, 1.82) is 0 Å². The van der Waals surface area contributed by atoms with Gasteiger partial charge in [0, 0.05) is 0 Å². The normalized spacial score (nSPS) is 32.9. The van der Waals surface area contributed by atoms with Crippen LogP contribution in [0.2, 0.25) is 0 Å². The summed E-state index contributed by atoms with van der Waals surface area (Å²) in [4.78, 5) is 0. The number of hydrogen-bond acceptors (Lipinski definition) is 1. The SMILES string of the molecule is C=C(C)[C@@H]1O[C@H]1C(C)C. The van der Waals surface area contributed by atoms with Crippen LogP contribution < -0.4 is 0 Å². The van der Waals surface area contributed by atoms with Crippen LogP contribution in [-0.4, -0.2) is 12.2 Å². The lowest BCUT2D eigenvalue weighted by atomic mass is 10.1. The van der Waals surface area contributed by atoms with Gasteiger partial charge in [0.05, 0.1) is 6.10 Å². The molecule has 0 radical (unpaired) electrons. The zero-order valence-corrected chi connectivity index (χ0v) is 6.35. The van der Waals surface area contributed by atoms with Crippen molar-refractivity contribution in [2.75, 3.05) is 0 Å². The molecule has 0 aromatic carbocycles. The molecule has 0 aromatic rings. The van der Waals surface area contributed by atoms with Gasteiger partial charge >= 0.3 is 0 Å². The lowest BCUT2D eigenvalue weighted by molar-refractivity contribution is 0.343. The van der Waals surface area contributed by atoms with Crippen LogP contribution in [0.3, 0.4) is 0 Å². The van der Waals surface area contributed by atoms with Crippen LogP contribution in [0, 0.1) is 5.92 Å². The van der Waals surface area contributed by atoms with Gasteiger partial charge in [-0.1, -0.05) is 20.4 Å². The quantitative estimate of drug-likeness (QED) is 0.407. The van der Waals surface area contributed by atoms with Crippen LogP contribution in [0.25, 0.3) is 0 Å². The first-order valence-electron chi connectivity index (χ1n) is 3.44. The molecule has 1 rings (SSSR count). The minimum atomic E-state index is 0.366. The molecule has 1 heteroatoms. The Hall–Kier alpha value is -0.300. The van der Waals surface area contributed by atoms with E-state index in [1.54, 1.807) is 0 Å². The van der Waals surface area contributed by atoms with Crippen molar-refractivity contribution >= 4 is 0 Å². The molecule has 0 bridgehead atoms. The predicted octanol–water partition coefficient (Wildman–Crippen LogP) is 1.99. The average molecular weight is 126 g/mol. The first-order valence-corrected chi connectivity index (χ1v) is 3.44. The Bertz CT molecular complexity index is 127. The molecule has 0 spiro atoms. The fourth-order valence-electron chi connectivity index (χ4n) is 1.03. The van der Waals surface area contributed by atoms with E-state index in [-0.39, 0.29) is 0 Å². The third-order valence-corrected chi connectivity index (χ3v) is 1.67. The van der Waals surface area contributed by atoms with E-state index in [4.69, 9.17) is 4.74 Å². The maximum absolute atomic E-state index is 5.34. The summed E-state index contributed by atoms with van der Waals surface area (Å²) in [5, 5.41) is 0. The number of rotatable bonds is 2. The lowest BCUT2D eigenvalue weighted by Crippen LogP contribution is -2.02. The van der Waals surface area contributed by atoms with Gasteiger partial charge < -0.3 is 4.74 Å². The van der Waals surface area contributed by atoms with Gasteiger partial charge in [0.2, 0.25) is 0 Å². The molecule has 0 aliphatic carbocycles. The highest BCUT2D eigenvalue weighted by molar-refractivity contribution is 5.10. The minimum absolute atomic E-state index is 0.366. The summed E-state index contributed by atoms with van der Waals surface area (Å²) in [6.45, 7) is 10.2. The summed E-state index contributed by atoms with van der Waals surface area (Å²) in [6, 6.07) is 0. The largest absolute Gasteiger partial charge is 0.365 e. The highest BCUT2D eigenvalue weighted by Crippen LogP contribution is 2.33. The third kappa shape index (κ3) is 1.33. The fraction of sp³-hybridized carbons (Fsp3) is 0.750. The maximum Gasteiger partial charge on any atom is 0.105 e. The highest BCUT2D eigenvalue weighted by atomic mass is 16.6. The topological polar surface area (TPSA) is 12.5 Å². The lowest BCUT2D eigenvalue weighted by Gasteiger charge is -1.95. The Labute approximate surface area is 56.7 Å². The average Bonchev–Trinajstić information content (AvgIpc) is 2.39. The van der Waals surface area contributed by atoms with E-state index in [0.717, 1.165) is 5.57 Å². The molecule has 0 saturated carbocycles. The van der Waals surface area contributed by atoms with Crippen LogP contribution in [0.1, 0.15) is 20.8 Å². The van der Waals surface area contributed by atoms with E-state index in [1.165, 1.54) is 0 Å². The molecule has 0 aromatic heterocycles. The van der Waals surface area contributed by atoms with Gasteiger partial charge in [0.25, 0.3) is 0 Å². The number of epoxide rings is 1. The smallest absolute Gasteiger partial charge is 0.105 e. The third-order valence-electron chi connectivity index (χ3n) is 1.67. The van der Waals surface area contributed by atoms with E-state index in [0.29, 0.717) is 18.1 Å². The Morgan fingerprint density at radius 2 is 2.11 bits per heavy atom. The van der Waals surface area contributed by atoms with E-state index in [1.807, 2.05) is 6.92 Å². The molecule has 9 heavy (non-hydrogen) atoms. The van der Waals surface area contributed by atoms with Crippen LogP contribution in [0.15, 0.2) is 12.2 Å².